The summed E-state index contributed by atoms with van der Waals surface area (Å²) in [6.07, 6.45) is 3.98. The SMILES string of the molecule is O=C1CCCCN1c1ccccc1CCN1CCC(CC(F)(F)Cl)C1. The van der Waals surface area contributed by atoms with Crippen LogP contribution in [0, 0.1) is 5.92 Å². The summed E-state index contributed by atoms with van der Waals surface area (Å²) in [6.45, 7) is 3.12. The molecule has 0 aromatic heterocycles. The highest BCUT2D eigenvalue weighted by molar-refractivity contribution is 6.21. The van der Waals surface area contributed by atoms with E-state index in [9.17, 15) is 13.6 Å². The van der Waals surface area contributed by atoms with E-state index in [4.69, 9.17) is 11.6 Å². The number of likely N-dealkylation sites (tertiary alicyclic amines) is 1. The normalized spacial score (nSPS) is 22.6. The number of amides is 1. The van der Waals surface area contributed by atoms with Crippen molar-refractivity contribution < 1.29 is 13.6 Å². The highest BCUT2D eigenvalue weighted by atomic mass is 35.5. The molecule has 138 valence electrons. The number of carbonyl (C=O) groups excluding carboxylic acids is 1. The third kappa shape index (κ3) is 5.14. The molecule has 2 aliphatic heterocycles. The van der Waals surface area contributed by atoms with Gasteiger partial charge in [-0.15, -0.1) is 0 Å². The number of nitrogens with zero attached hydrogens (tertiary/aromatic N) is 2. The van der Waals surface area contributed by atoms with Crippen LogP contribution >= 0.6 is 11.6 Å². The Bertz CT molecular complexity index is 605. The second-order valence-electron chi connectivity index (χ2n) is 7.16. The Hall–Kier alpha value is -1.20. The van der Waals surface area contributed by atoms with Gasteiger partial charge in [-0.1, -0.05) is 18.2 Å². The van der Waals surface area contributed by atoms with Crippen molar-refractivity contribution in [1.29, 1.82) is 0 Å². The van der Waals surface area contributed by atoms with Crippen LogP contribution in [0.3, 0.4) is 0 Å². The van der Waals surface area contributed by atoms with E-state index >= 15 is 0 Å². The van der Waals surface area contributed by atoms with E-state index in [1.807, 2.05) is 23.1 Å². The van der Waals surface area contributed by atoms with Crippen LogP contribution in [0.15, 0.2) is 24.3 Å². The number of carbonyl (C=O) groups is 1. The van der Waals surface area contributed by atoms with Crippen molar-refractivity contribution in [1.82, 2.24) is 4.90 Å². The van der Waals surface area contributed by atoms with Crippen molar-refractivity contribution in [2.75, 3.05) is 31.1 Å². The molecule has 3 nitrogen and oxygen atoms in total. The van der Waals surface area contributed by atoms with Crippen molar-refractivity contribution >= 4 is 23.2 Å². The Morgan fingerprint density at radius 1 is 1.20 bits per heavy atom. The third-order valence-corrected chi connectivity index (χ3v) is 5.35. The predicted octanol–water partition coefficient (Wildman–Crippen LogP) is 4.29. The lowest BCUT2D eigenvalue weighted by atomic mass is 10.0. The van der Waals surface area contributed by atoms with E-state index < -0.39 is 5.38 Å². The van der Waals surface area contributed by atoms with Crippen molar-refractivity contribution in [3.05, 3.63) is 29.8 Å². The summed E-state index contributed by atoms with van der Waals surface area (Å²) in [5.41, 5.74) is 2.17. The minimum atomic E-state index is -3.10. The van der Waals surface area contributed by atoms with Crippen molar-refractivity contribution in [2.24, 2.45) is 5.92 Å². The molecule has 2 saturated heterocycles. The fraction of sp³-hybridized carbons (Fsp3) is 0.632. The summed E-state index contributed by atoms with van der Waals surface area (Å²) in [6, 6.07) is 8.04. The number of benzene rings is 1. The van der Waals surface area contributed by atoms with E-state index in [1.165, 1.54) is 0 Å². The Labute approximate surface area is 152 Å². The molecule has 0 saturated carbocycles. The van der Waals surface area contributed by atoms with Gasteiger partial charge in [-0.3, -0.25) is 4.79 Å². The molecule has 1 amide bonds. The van der Waals surface area contributed by atoms with E-state index in [0.717, 1.165) is 56.6 Å². The summed E-state index contributed by atoms with van der Waals surface area (Å²) < 4.78 is 25.9. The maximum absolute atomic E-state index is 13.0. The molecule has 3 rings (SSSR count). The van der Waals surface area contributed by atoms with Crippen LogP contribution in [0.2, 0.25) is 0 Å². The zero-order chi connectivity index (χ0) is 17.9. The summed E-state index contributed by atoms with van der Waals surface area (Å²) in [5.74, 6) is 0.163. The topological polar surface area (TPSA) is 23.6 Å². The summed E-state index contributed by atoms with van der Waals surface area (Å²) in [5, 5.41) is -3.10. The number of para-hydroxylation sites is 1. The van der Waals surface area contributed by atoms with Crippen LogP contribution in [-0.4, -0.2) is 42.4 Å². The van der Waals surface area contributed by atoms with Gasteiger partial charge in [0.05, 0.1) is 0 Å². The van der Waals surface area contributed by atoms with Crippen LogP contribution in [0.1, 0.15) is 37.7 Å². The van der Waals surface area contributed by atoms with Gasteiger partial charge < -0.3 is 9.80 Å². The highest BCUT2D eigenvalue weighted by Crippen LogP contribution is 2.32. The molecule has 0 radical (unpaired) electrons. The highest BCUT2D eigenvalue weighted by Gasteiger charge is 2.33. The zero-order valence-electron chi connectivity index (χ0n) is 14.4. The predicted molar refractivity (Wildman–Crippen MR) is 96.3 cm³/mol. The fourth-order valence-electron chi connectivity index (χ4n) is 3.93. The van der Waals surface area contributed by atoms with Crippen LogP contribution in [-0.2, 0) is 11.2 Å². The molecule has 25 heavy (non-hydrogen) atoms. The fourth-order valence-corrected chi connectivity index (χ4v) is 4.15. The Morgan fingerprint density at radius 3 is 2.76 bits per heavy atom. The molecule has 0 N–H and O–H groups in total. The van der Waals surface area contributed by atoms with Crippen molar-refractivity contribution in [3.63, 3.8) is 0 Å². The largest absolute Gasteiger partial charge is 0.322 e. The molecule has 2 heterocycles. The summed E-state index contributed by atoms with van der Waals surface area (Å²) in [4.78, 5) is 16.3. The van der Waals surface area contributed by atoms with Gasteiger partial charge >= 0.3 is 5.38 Å². The second-order valence-corrected chi connectivity index (χ2v) is 7.71. The molecule has 1 aromatic rings. The second kappa shape index (κ2) is 8.00. The Balaban J connectivity index is 1.58. The van der Waals surface area contributed by atoms with Crippen molar-refractivity contribution in [3.8, 4) is 0 Å². The smallest absolute Gasteiger partial charge is 0.312 e. The van der Waals surface area contributed by atoms with Gasteiger partial charge in [0.2, 0.25) is 5.91 Å². The van der Waals surface area contributed by atoms with Gasteiger partial charge in [-0.25, -0.2) is 0 Å². The van der Waals surface area contributed by atoms with E-state index in [1.54, 1.807) is 0 Å². The number of hydrogen-bond donors (Lipinski definition) is 0. The standard InChI is InChI=1S/C19H25ClF2N2O/c20-19(21,22)13-15-8-11-23(14-15)12-9-16-5-1-2-6-17(16)24-10-4-3-7-18(24)25/h1-2,5-6,15H,3-4,7-14H2. The molecule has 2 aliphatic rings. The third-order valence-electron chi connectivity index (χ3n) is 5.19. The molecular weight excluding hydrogens is 346 g/mol. The van der Waals surface area contributed by atoms with Crippen LogP contribution in [0.5, 0.6) is 0 Å². The molecule has 2 fully saturated rings. The van der Waals surface area contributed by atoms with Gasteiger partial charge in [-0.2, -0.15) is 8.78 Å². The summed E-state index contributed by atoms with van der Waals surface area (Å²) in [7, 11) is 0. The first kappa shape index (κ1) is 18.6. The number of alkyl halides is 3. The van der Waals surface area contributed by atoms with Gasteiger partial charge in [0.15, 0.2) is 0 Å². The average Bonchev–Trinajstić information content (AvgIpc) is 2.99. The zero-order valence-corrected chi connectivity index (χ0v) is 15.2. The first-order valence-electron chi connectivity index (χ1n) is 9.10. The molecular formula is C19H25ClF2N2O. The number of halogens is 3. The quantitative estimate of drug-likeness (QED) is 0.697. The number of anilines is 1. The van der Waals surface area contributed by atoms with E-state index in [0.29, 0.717) is 13.0 Å². The Morgan fingerprint density at radius 2 is 2.00 bits per heavy atom. The van der Waals surface area contributed by atoms with Gasteiger partial charge in [-0.05, 0) is 61.4 Å². The monoisotopic (exact) mass is 370 g/mol. The van der Waals surface area contributed by atoms with Crippen LogP contribution in [0.25, 0.3) is 0 Å². The van der Waals surface area contributed by atoms with Crippen molar-refractivity contribution in [2.45, 2.75) is 43.9 Å². The van der Waals surface area contributed by atoms with Crippen LogP contribution in [0.4, 0.5) is 14.5 Å². The first-order valence-corrected chi connectivity index (χ1v) is 9.47. The van der Waals surface area contributed by atoms with E-state index in [-0.39, 0.29) is 18.2 Å². The lowest BCUT2D eigenvalue weighted by molar-refractivity contribution is -0.119. The number of piperidine rings is 1. The molecule has 0 spiro atoms. The lowest BCUT2D eigenvalue weighted by Gasteiger charge is -2.29. The molecule has 1 unspecified atom stereocenters. The van der Waals surface area contributed by atoms with Gasteiger partial charge in [0.25, 0.3) is 0 Å². The summed E-state index contributed by atoms with van der Waals surface area (Å²) >= 11 is 5.07. The maximum Gasteiger partial charge on any atom is 0.322 e. The van der Waals surface area contributed by atoms with Gasteiger partial charge in [0.1, 0.15) is 0 Å². The molecule has 1 atom stereocenters. The Kier molecular flexibility index (Phi) is 5.95. The molecule has 0 bridgehead atoms. The number of hydrogen-bond acceptors (Lipinski definition) is 2. The average molecular weight is 371 g/mol. The first-order chi connectivity index (χ1) is 11.9. The molecule has 1 aromatic carbocycles. The molecule has 0 aliphatic carbocycles. The lowest BCUT2D eigenvalue weighted by Crippen LogP contribution is -2.36. The maximum atomic E-state index is 13.0. The molecule has 6 heteroatoms. The minimum absolute atomic E-state index is 0.0357. The number of rotatable bonds is 6. The minimum Gasteiger partial charge on any atom is -0.312 e. The van der Waals surface area contributed by atoms with Gasteiger partial charge in [0, 0.05) is 38.2 Å². The van der Waals surface area contributed by atoms with E-state index in [2.05, 4.69) is 11.0 Å². The van der Waals surface area contributed by atoms with Crippen LogP contribution < -0.4 is 4.90 Å².